The Balaban J connectivity index is 2.33. The minimum atomic E-state index is -0.586. The molecule has 0 unspecified atom stereocenters. The Labute approximate surface area is 150 Å². The highest BCUT2D eigenvalue weighted by atomic mass is 19.1. The number of benzene rings is 2. The number of halogens is 1. The second-order valence-corrected chi connectivity index (χ2v) is 7.62. The van der Waals surface area contributed by atoms with Crippen LogP contribution < -0.4 is 5.69 Å². The molecule has 3 aromatic rings. The van der Waals surface area contributed by atoms with Crippen LogP contribution in [0.15, 0.2) is 35.1 Å². The van der Waals surface area contributed by atoms with E-state index in [-0.39, 0.29) is 33.5 Å². The van der Waals surface area contributed by atoms with E-state index in [9.17, 15) is 15.2 Å². The summed E-state index contributed by atoms with van der Waals surface area (Å²) in [5.41, 5.74) is 0.974. The predicted molar refractivity (Wildman–Crippen MR) is 98.4 cm³/mol. The smallest absolute Gasteiger partial charge is 0.328 e. The lowest BCUT2D eigenvalue weighted by atomic mass is 9.96. The van der Waals surface area contributed by atoms with Crippen LogP contribution in [0.2, 0.25) is 0 Å². The number of fused-ring (bicyclic) bond motifs is 1. The molecule has 134 valence electrons. The molecule has 0 radical (unpaired) electrons. The molecule has 0 atom stereocenters. The predicted octanol–water partition coefficient (Wildman–Crippen LogP) is 3.77. The molecular formula is C20H20FN3O2. The zero-order valence-electron chi connectivity index (χ0n) is 15.2. The summed E-state index contributed by atoms with van der Waals surface area (Å²) in [4.78, 5) is 12.6. The SMILES string of the molecule is Cn1c(=O)n(CC(C)(C)C)c2ccc(-c3cc(O)ccc3C#N)c(F)c21. The highest BCUT2D eigenvalue weighted by Crippen LogP contribution is 2.33. The standard InChI is InChI=1S/C20H20FN3O2/c1-20(2,3)11-24-16-8-7-14(17(21)18(16)23(4)19(24)26)15-9-13(25)6-5-12(15)10-22/h5-9,25H,11H2,1-4H3. The molecule has 5 nitrogen and oxygen atoms in total. The van der Waals surface area contributed by atoms with Gasteiger partial charge in [-0.1, -0.05) is 20.8 Å². The van der Waals surface area contributed by atoms with Gasteiger partial charge in [0.25, 0.3) is 0 Å². The van der Waals surface area contributed by atoms with Crippen molar-refractivity contribution in [3.63, 3.8) is 0 Å². The summed E-state index contributed by atoms with van der Waals surface area (Å²) in [5, 5.41) is 19.0. The van der Waals surface area contributed by atoms with Crippen molar-refractivity contribution in [2.24, 2.45) is 12.5 Å². The molecule has 2 aromatic carbocycles. The zero-order valence-corrected chi connectivity index (χ0v) is 15.2. The van der Waals surface area contributed by atoms with Gasteiger partial charge in [-0.25, -0.2) is 9.18 Å². The van der Waals surface area contributed by atoms with E-state index in [1.165, 1.54) is 29.8 Å². The summed E-state index contributed by atoms with van der Waals surface area (Å²) in [6.07, 6.45) is 0. The van der Waals surface area contributed by atoms with Gasteiger partial charge in [0, 0.05) is 24.7 Å². The summed E-state index contributed by atoms with van der Waals surface area (Å²) in [5.74, 6) is -0.644. The molecule has 3 rings (SSSR count). The number of phenolic OH excluding ortho intramolecular Hbond substituents is 1. The van der Waals surface area contributed by atoms with E-state index in [0.29, 0.717) is 17.6 Å². The van der Waals surface area contributed by atoms with E-state index < -0.39 is 5.82 Å². The number of rotatable bonds is 2. The van der Waals surface area contributed by atoms with Crippen molar-refractivity contribution in [1.82, 2.24) is 9.13 Å². The third kappa shape index (κ3) is 2.86. The highest BCUT2D eigenvalue weighted by molar-refractivity contribution is 5.85. The Bertz CT molecular complexity index is 1110. The summed E-state index contributed by atoms with van der Waals surface area (Å²) in [6.45, 7) is 6.48. The molecule has 1 aromatic heterocycles. The van der Waals surface area contributed by atoms with Crippen LogP contribution in [-0.4, -0.2) is 14.2 Å². The van der Waals surface area contributed by atoms with Gasteiger partial charge in [0.05, 0.1) is 17.1 Å². The molecule has 1 N–H and O–H groups in total. The Kier molecular flexibility index (Phi) is 4.11. The fourth-order valence-electron chi connectivity index (χ4n) is 3.16. The second kappa shape index (κ2) is 6.03. The molecule has 0 saturated heterocycles. The maximum Gasteiger partial charge on any atom is 0.328 e. The number of phenols is 1. The van der Waals surface area contributed by atoms with Crippen molar-refractivity contribution >= 4 is 11.0 Å². The minimum Gasteiger partial charge on any atom is -0.508 e. The van der Waals surface area contributed by atoms with Crippen molar-refractivity contribution in [2.75, 3.05) is 0 Å². The first-order valence-electron chi connectivity index (χ1n) is 8.25. The first kappa shape index (κ1) is 17.7. The lowest BCUT2D eigenvalue weighted by Gasteiger charge is -2.18. The van der Waals surface area contributed by atoms with Gasteiger partial charge >= 0.3 is 5.69 Å². The van der Waals surface area contributed by atoms with E-state index >= 15 is 4.39 Å². The normalized spacial score (nSPS) is 11.7. The number of imidazole rings is 1. The number of aryl methyl sites for hydroxylation is 1. The van der Waals surface area contributed by atoms with Crippen molar-refractivity contribution < 1.29 is 9.50 Å². The van der Waals surface area contributed by atoms with Gasteiger partial charge < -0.3 is 5.11 Å². The fourth-order valence-corrected chi connectivity index (χ4v) is 3.16. The van der Waals surface area contributed by atoms with Gasteiger partial charge in [-0.2, -0.15) is 5.26 Å². The number of hydrogen-bond donors (Lipinski definition) is 1. The van der Waals surface area contributed by atoms with Gasteiger partial charge in [-0.15, -0.1) is 0 Å². The Morgan fingerprint density at radius 2 is 1.88 bits per heavy atom. The molecule has 0 aliphatic carbocycles. The molecular weight excluding hydrogens is 333 g/mol. The number of aromatic nitrogens is 2. The molecule has 0 bridgehead atoms. The van der Waals surface area contributed by atoms with Crippen LogP contribution in [0, 0.1) is 22.6 Å². The number of hydrogen-bond acceptors (Lipinski definition) is 3. The third-order valence-corrected chi connectivity index (χ3v) is 4.29. The van der Waals surface area contributed by atoms with Gasteiger partial charge in [-0.05, 0) is 35.7 Å². The zero-order chi connectivity index (χ0) is 19.2. The summed E-state index contributed by atoms with van der Waals surface area (Å²) in [7, 11) is 1.53. The van der Waals surface area contributed by atoms with E-state index in [1.54, 1.807) is 16.7 Å². The summed E-state index contributed by atoms with van der Waals surface area (Å²) < 4.78 is 18.2. The topological polar surface area (TPSA) is 70.9 Å². The van der Waals surface area contributed by atoms with Crippen LogP contribution in [-0.2, 0) is 13.6 Å². The van der Waals surface area contributed by atoms with Crippen LogP contribution in [0.3, 0.4) is 0 Å². The highest BCUT2D eigenvalue weighted by Gasteiger charge is 2.22. The van der Waals surface area contributed by atoms with Gasteiger partial charge in [0.15, 0.2) is 5.82 Å². The lowest BCUT2D eigenvalue weighted by molar-refractivity contribution is 0.342. The molecule has 0 spiro atoms. The molecule has 6 heteroatoms. The van der Waals surface area contributed by atoms with Crippen molar-refractivity contribution in [3.8, 4) is 22.9 Å². The summed E-state index contributed by atoms with van der Waals surface area (Å²) in [6, 6.07) is 9.42. The van der Waals surface area contributed by atoms with Gasteiger partial charge in [-0.3, -0.25) is 9.13 Å². The fraction of sp³-hybridized carbons (Fsp3) is 0.300. The first-order chi connectivity index (χ1) is 12.1. The van der Waals surface area contributed by atoms with E-state index in [2.05, 4.69) is 0 Å². The molecule has 1 heterocycles. The molecule has 0 saturated carbocycles. The maximum absolute atomic E-state index is 15.3. The molecule has 0 aliphatic heterocycles. The van der Waals surface area contributed by atoms with Crippen molar-refractivity contribution in [2.45, 2.75) is 27.3 Å². The Morgan fingerprint density at radius 3 is 2.50 bits per heavy atom. The van der Waals surface area contributed by atoms with Crippen LogP contribution in [0.25, 0.3) is 22.2 Å². The Morgan fingerprint density at radius 1 is 1.19 bits per heavy atom. The third-order valence-electron chi connectivity index (χ3n) is 4.29. The van der Waals surface area contributed by atoms with Crippen molar-refractivity contribution in [3.05, 3.63) is 52.2 Å². The summed E-state index contributed by atoms with van der Waals surface area (Å²) >= 11 is 0. The van der Waals surface area contributed by atoms with Crippen LogP contribution >= 0.6 is 0 Å². The average molecular weight is 353 g/mol. The van der Waals surface area contributed by atoms with E-state index in [1.807, 2.05) is 26.8 Å². The average Bonchev–Trinajstić information content (AvgIpc) is 2.79. The number of nitrogens with zero attached hydrogens (tertiary/aromatic N) is 3. The minimum absolute atomic E-state index is 0.0577. The quantitative estimate of drug-likeness (QED) is 0.762. The number of aromatic hydroxyl groups is 1. The van der Waals surface area contributed by atoms with E-state index in [4.69, 9.17) is 0 Å². The number of nitriles is 1. The molecule has 0 amide bonds. The largest absolute Gasteiger partial charge is 0.508 e. The molecule has 26 heavy (non-hydrogen) atoms. The van der Waals surface area contributed by atoms with Gasteiger partial charge in [0.1, 0.15) is 11.3 Å². The molecule has 0 aliphatic rings. The Hall–Kier alpha value is -3.07. The van der Waals surface area contributed by atoms with E-state index in [0.717, 1.165) is 0 Å². The van der Waals surface area contributed by atoms with Crippen LogP contribution in [0.1, 0.15) is 26.3 Å². The van der Waals surface area contributed by atoms with Crippen LogP contribution in [0.4, 0.5) is 4.39 Å². The first-order valence-corrected chi connectivity index (χ1v) is 8.25. The van der Waals surface area contributed by atoms with Crippen molar-refractivity contribution in [1.29, 1.82) is 5.26 Å². The van der Waals surface area contributed by atoms with Crippen LogP contribution in [0.5, 0.6) is 5.75 Å². The second-order valence-electron chi connectivity index (χ2n) is 7.62. The maximum atomic E-state index is 15.3. The monoisotopic (exact) mass is 353 g/mol. The molecule has 0 fully saturated rings. The van der Waals surface area contributed by atoms with Gasteiger partial charge in [0.2, 0.25) is 0 Å². The lowest BCUT2D eigenvalue weighted by Crippen LogP contribution is -2.27.